The average Bonchev–Trinajstić information content (AvgIpc) is 3.67. The third-order valence-electron chi connectivity index (χ3n) is 11.3. The van der Waals surface area contributed by atoms with E-state index in [0.29, 0.717) is 60.4 Å². The van der Waals surface area contributed by atoms with Gasteiger partial charge in [0, 0.05) is 24.4 Å². The molecule has 13 heteroatoms. The number of carbonyl (C=O) groups excluding carboxylic acids is 3. The highest BCUT2D eigenvalue weighted by Crippen LogP contribution is 2.57. The maximum Gasteiger partial charge on any atom is 0.408 e. The highest BCUT2D eigenvalue weighted by Gasteiger charge is 2.55. The first-order valence-corrected chi connectivity index (χ1v) is 18.9. The molecule has 278 valence electrons. The van der Waals surface area contributed by atoms with Crippen molar-refractivity contribution in [2.75, 3.05) is 25.0 Å². The number of aryl methyl sites for hydroxylation is 1. The smallest absolute Gasteiger partial charge is 0.408 e. The number of hydrogen-bond donors (Lipinski definition) is 2. The molecule has 2 aliphatic heterocycles. The van der Waals surface area contributed by atoms with Crippen molar-refractivity contribution < 1.29 is 28.6 Å². The van der Waals surface area contributed by atoms with Gasteiger partial charge in [0.15, 0.2) is 5.78 Å². The minimum atomic E-state index is -0.897. The lowest BCUT2D eigenvalue weighted by Crippen LogP contribution is -2.57. The minimum absolute atomic E-state index is 0.138. The Morgan fingerprint density at radius 2 is 1.83 bits per heavy atom. The number of nitrogens with zero attached hydrogens (tertiary/aromatic N) is 5. The van der Waals surface area contributed by atoms with E-state index >= 15 is 0 Å². The monoisotopic (exact) mass is 713 g/mol. The van der Waals surface area contributed by atoms with Crippen LogP contribution in [0.25, 0.3) is 11.0 Å². The number of carbonyl (C=O) groups is 3. The van der Waals surface area contributed by atoms with Crippen molar-refractivity contribution in [3.63, 3.8) is 0 Å². The molecular formula is C39H51N7O6. The number of anilines is 1. The molecule has 2 saturated carbocycles. The number of ketones is 1. The molecule has 2 aromatic heterocycles. The largest absolute Gasteiger partial charge is 0.492 e. The van der Waals surface area contributed by atoms with Crippen LogP contribution in [0.15, 0.2) is 36.7 Å². The molecule has 2 N–H and O–H groups in total. The number of Topliss-reactive ketones (excluding diaryl/α,β-unsaturated/α-hetero) is 1. The topological polar surface area (TPSA) is 158 Å². The normalized spacial score (nSPS) is 29.4. The Morgan fingerprint density at radius 3 is 2.60 bits per heavy atom. The second-order valence-corrected chi connectivity index (χ2v) is 16.1. The molecule has 3 fully saturated rings. The molecule has 8 atom stereocenters. The standard InChI is InChI=1S/C39H51N7O6/c1-22-32-21-46(33(22)23(2)47)36(48)34(39(3,4)5)45-38(49)52-31-19-24-18-27(24)26(31)10-7-6-8-11-29-35(51-32)44-30-20-25(12-13-28(30)43-29)50-17-16-42-37-40-14-9-15-41-37/h9,12-15,20,22,24,26-27,31-34H,6-8,10-11,16-19,21H2,1-5H3,(H,45,49)(H,40,41,42)/t22-,24?,26?,27?,31-,32+,33+,34-/m1/s1. The summed E-state index contributed by atoms with van der Waals surface area (Å²) in [5.41, 5.74) is 1.48. The van der Waals surface area contributed by atoms with Gasteiger partial charge in [0.2, 0.25) is 17.7 Å². The SMILES string of the molecule is CC(=O)[C@@H]1[C@H](C)[C@@H]2CN1C(=O)[C@H](C(C)(C)C)NC(=O)O[C@@H]1CC3CC3C1CCCCCc1nc3ccc(OCCNc4ncccn4)cc3nc1O2. The Labute approximate surface area is 305 Å². The van der Waals surface area contributed by atoms with Gasteiger partial charge < -0.3 is 29.7 Å². The van der Waals surface area contributed by atoms with Crippen molar-refractivity contribution >= 4 is 34.8 Å². The second kappa shape index (κ2) is 14.8. The zero-order valence-corrected chi connectivity index (χ0v) is 30.8. The molecule has 4 heterocycles. The van der Waals surface area contributed by atoms with Crippen LogP contribution < -0.4 is 20.1 Å². The molecule has 2 amide bonds. The molecule has 13 nitrogen and oxygen atoms in total. The lowest BCUT2D eigenvalue weighted by molar-refractivity contribution is -0.141. The van der Waals surface area contributed by atoms with Gasteiger partial charge in [0.1, 0.15) is 36.3 Å². The molecule has 0 radical (unpaired) electrons. The number of fused-ring (bicyclic) bond motifs is 7. The van der Waals surface area contributed by atoms with Gasteiger partial charge in [0.25, 0.3) is 0 Å². The van der Waals surface area contributed by atoms with Gasteiger partial charge in [0.05, 0.1) is 30.2 Å². The quantitative estimate of drug-likeness (QED) is 0.316. The van der Waals surface area contributed by atoms with Crippen LogP contribution in [0.4, 0.5) is 10.7 Å². The molecule has 4 aliphatic rings. The highest BCUT2D eigenvalue weighted by atomic mass is 16.6. The van der Waals surface area contributed by atoms with Crippen molar-refractivity contribution in [2.45, 2.75) is 104 Å². The summed E-state index contributed by atoms with van der Waals surface area (Å²) in [6.45, 7) is 10.2. The van der Waals surface area contributed by atoms with Gasteiger partial charge in [-0.25, -0.2) is 24.7 Å². The van der Waals surface area contributed by atoms with Gasteiger partial charge in [-0.1, -0.05) is 40.5 Å². The van der Waals surface area contributed by atoms with Crippen LogP contribution in [0.1, 0.15) is 78.8 Å². The molecule has 2 bridgehead atoms. The fraction of sp³-hybridized carbons (Fsp3) is 0.615. The molecule has 3 aromatic rings. The van der Waals surface area contributed by atoms with Crippen LogP contribution in [0.5, 0.6) is 11.6 Å². The minimum Gasteiger partial charge on any atom is -0.492 e. The van der Waals surface area contributed by atoms with Crippen LogP contribution in [0.2, 0.25) is 0 Å². The Kier molecular flexibility index (Phi) is 10.2. The Morgan fingerprint density at radius 1 is 1.02 bits per heavy atom. The fourth-order valence-corrected chi connectivity index (χ4v) is 8.49. The van der Waals surface area contributed by atoms with E-state index in [-0.39, 0.29) is 30.3 Å². The van der Waals surface area contributed by atoms with Gasteiger partial charge in [-0.05, 0) is 80.4 Å². The number of ether oxygens (including phenoxy) is 3. The van der Waals surface area contributed by atoms with Crippen LogP contribution in [-0.2, 0) is 20.7 Å². The van der Waals surface area contributed by atoms with E-state index in [1.807, 2.05) is 45.9 Å². The van der Waals surface area contributed by atoms with E-state index < -0.39 is 29.7 Å². The maximum atomic E-state index is 14.4. The van der Waals surface area contributed by atoms with Gasteiger partial charge in [-0.15, -0.1) is 0 Å². The van der Waals surface area contributed by atoms with E-state index in [2.05, 4.69) is 20.6 Å². The maximum absolute atomic E-state index is 14.4. The van der Waals surface area contributed by atoms with Crippen molar-refractivity contribution in [3.05, 3.63) is 42.4 Å². The Balaban J connectivity index is 1.16. The Hall–Kier alpha value is -4.55. The van der Waals surface area contributed by atoms with Gasteiger partial charge in [-0.2, -0.15) is 0 Å². The zero-order chi connectivity index (χ0) is 36.6. The average molecular weight is 714 g/mol. The predicted octanol–water partition coefficient (Wildman–Crippen LogP) is 5.38. The van der Waals surface area contributed by atoms with E-state index in [4.69, 9.17) is 24.2 Å². The van der Waals surface area contributed by atoms with Crippen LogP contribution in [0.3, 0.4) is 0 Å². The number of amides is 2. The van der Waals surface area contributed by atoms with Crippen LogP contribution in [-0.4, -0.2) is 86.6 Å². The van der Waals surface area contributed by atoms with E-state index in [1.165, 1.54) is 13.3 Å². The third kappa shape index (κ3) is 7.78. The predicted molar refractivity (Wildman–Crippen MR) is 194 cm³/mol. The van der Waals surface area contributed by atoms with Gasteiger partial charge >= 0.3 is 6.09 Å². The number of benzene rings is 1. The summed E-state index contributed by atoms with van der Waals surface area (Å²) < 4.78 is 18.8. The molecular weight excluding hydrogens is 662 g/mol. The summed E-state index contributed by atoms with van der Waals surface area (Å²) in [5, 5.41) is 6.07. The number of hydrogen-bond acceptors (Lipinski definition) is 11. The number of nitrogens with one attached hydrogen (secondary N) is 2. The van der Waals surface area contributed by atoms with Crippen molar-refractivity contribution in [3.8, 4) is 11.6 Å². The van der Waals surface area contributed by atoms with Crippen molar-refractivity contribution in [1.82, 2.24) is 30.2 Å². The molecule has 1 aromatic carbocycles. The summed E-state index contributed by atoms with van der Waals surface area (Å²) in [7, 11) is 0. The molecule has 0 spiro atoms. The number of rotatable bonds is 6. The molecule has 52 heavy (non-hydrogen) atoms. The third-order valence-corrected chi connectivity index (χ3v) is 11.3. The first kappa shape index (κ1) is 35.8. The first-order valence-electron chi connectivity index (χ1n) is 18.9. The summed E-state index contributed by atoms with van der Waals surface area (Å²) in [6, 6.07) is 5.80. The second-order valence-electron chi connectivity index (χ2n) is 16.1. The lowest BCUT2D eigenvalue weighted by atomic mass is 9.85. The molecule has 1 saturated heterocycles. The lowest BCUT2D eigenvalue weighted by Gasteiger charge is -2.35. The molecule has 7 rings (SSSR count). The van der Waals surface area contributed by atoms with E-state index in [1.54, 1.807) is 23.4 Å². The number of aromatic nitrogens is 4. The van der Waals surface area contributed by atoms with Crippen LogP contribution in [0, 0.1) is 29.1 Å². The number of alkyl carbamates (subject to hydrolysis) is 1. The first-order chi connectivity index (χ1) is 25.0. The van der Waals surface area contributed by atoms with E-state index in [9.17, 15) is 14.4 Å². The fourth-order valence-electron chi connectivity index (χ4n) is 8.49. The zero-order valence-electron chi connectivity index (χ0n) is 30.8. The van der Waals surface area contributed by atoms with Crippen molar-refractivity contribution in [2.24, 2.45) is 29.1 Å². The summed E-state index contributed by atoms with van der Waals surface area (Å²) in [5.74, 6) is 2.36. The van der Waals surface area contributed by atoms with Crippen LogP contribution >= 0.6 is 0 Å². The molecule has 2 aliphatic carbocycles. The van der Waals surface area contributed by atoms with Gasteiger partial charge in [-0.3, -0.25) is 9.59 Å². The highest BCUT2D eigenvalue weighted by molar-refractivity contribution is 5.92. The summed E-state index contributed by atoms with van der Waals surface area (Å²) in [6.07, 6.45) is 8.81. The van der Waals surface area contributed by atoms with Crippen molar-refractivity contribution in [1.29, 1.82) is 0 Å². The summed E-state index contributed by atoms with van der Waals surface area (Å²) >= 11 is 0. The molecule has 3 unspecified atom stereocenters. The van der Waals surface area contributed by atoms with E-state index in [0.717, 1.165) is 43.3 Å². The summed E-state index contributed by atoms with van der Waals surface area (Å²) in [4.78, 5) is 60.9. The Bertz CT molecular complexity index is 1780.